The summed E-state index contributed by atoms with van der Waals surface area (Å²) in [6.45, 7) is 10.1. The summed E-state index contributed by atoms with van der Waals surface area (Å²) in [5.74, 6) is 0.377. The zero-order valence-corrected chi connectivity index (χ0v) is 19.5. The summed E-state index contributed by atoms with van der Waals surface area (Å²) in [4.78, 5) is 30.4. The Morgan fingerprint density at radius 2 is 1.84 bits per heavy atom. The minimum atomic E-state index is -0.405. The molecule has 1 fully saturated rings. The number of thiophene rings is 1. The van der Waals surface area contributed by atoms with Gasteiger partial charge in [-0.05, 0) is 38.0 Å². The summed E-state index contributed by atoms with van der Waals surface area (Å²) in [7, 11) is 1.36. The number of esters is 1. The Morgan fingerprint density at radius 1 is 1.13 bits per heavy atom. The summed E-state index contributed by atoms with van der Waals surface area (Å²) in [6.07, 6.45) is 0.716. The van der Waals surface area contributed by atoms with Gasteiger partial charge in [0.25, 0.3) is 0 Å². The lowest BCUT2D eigenvalue weighted by molar-refractivity contribution is -0.117. The van der Waals surface area contributed by atoms with Gasteiger partial charge in [-0.3, -0.25) is 9.69 Å². The van der Waals surface area contributed by atoms with Crippen LogP contribution >= 0.6 is 11.3 Å². The van der Waals surface area contributed by atoms with Crippen LogP contribution in [0.1, 0.15) is 34.6 Å². The topological polar surface area (TPSA) is 71.1 Å². The van der Waals surface area contributed by atoms with Crippen molar-refractivity contribution in [1.29, 1.82) is 0 Å². The molecule has 1 aromatic carbocycles. The van der Waals surface area contributed by atoms with Gasteiger partial charge >= 0.3 is 5.97 Å². The fourth-order valence-corrected chi connectivity index (χ4v) is 5.07. The molecule has 2 aromatic rings. The average Bonchev–Trinajstić information content (AvgIpc) is 3.08. The van der Waals surface area contributed by atoms with Crippen molar-refractivity contribution in [3.05, 3.63) is 40.3 Å². The number of benzene rings is 1. The van der Waals surface area contributed by atoms with Crippen molar-refractivity contribution in [2.45, 2.75) is 27.2 Å². The summed E-state index contributed by atoms with van der Waals surface area (Å²) in [5.41, 5.74) is 2.52. The van der Waals surface area contributed by atoms with Gasteiger partial charge in [0.1, 0.15) is 10.8 Å². The first-order valence-electron chi connectivity index (χ1n) is 10.7. The third kappa shape index (κ3) is 5.37. The maximum atomic E-state index is 12.7. The summed E-state index contributed by atoms with van der Waals surface area (Å²) in [6, 6.07) is 8.06. The van der Waals surface area contributed by atoms with Crippen LogP contribution in [0.15, 0.2) is 24.3 Å². The van der Waals surface area contributed by atoms with Gasteiger partial charge in [0.15, 0.2) is 0 Å². The van der Waals surface area contributed by atoms with E-state index in [0.717, 1.165) is 48.1 Å². The zero-order chi connectivity index (χ0) is 22.4. The number of methoxy groups -OCH3 is 1. The van der Waals surface area contributed by atoms with Gasteiger partial charge in [0, 0.05) is 31.1 Å². The lowest BCUT2D eigenvalue weighted by Gasteiger charge is -2.36. The molecule has 0 saturated carbocycles. The van der Waals surface area contributed by atoms with Gasteiger partial charge in [-0.2, -0.15) is 0 Å². The van der Waals surface area contributed by atoms with Crippen LogP contribution in [-0.2, 0) is 16.0 Å². The maximum absolute atomic E-state index is 12.7. The lowest BCUT2D eigenvalue weighted by atomic mass is 10.1. The highest BCUT2D eigenvalue weighted by Crippen LogP contribution is 2.34. The fourth-order valence-electron chi connectivity index (χ4n) is 3.92. The molecule has 2 heterocycles. The Hall–Kier alpha value is -2.58. The second-order valence-corrected chi connectivity index (χ2v) is 8.62. The van der Waals surface area contributed by atoms with E-state index in [0.29, 0.717) is 30.1 Å². The van der Waals surface area contributed by atoms with Crippen LogP contribution < -0.4 is 15.0 Å². The molecule has 1 aliphatic rings. The largest absolute Gasteiger partial charge is 0.492 e. The van der Waals surface area contributed by atoms with Crippen molar-refractivity contribution < 1.29 is 19.1 Å². The molecule has 1 N–H and O–H groups in total. The summed E-state index contributed by atoms with van der Waals surface area (Å²) in [5, 5.41) is 3.52. The molecule has 1 amide bonds. The molecule has 0 aliphatic carbocycles. The third-order valence-electron chi connectivity index (χ3n) is 5.45. The molecule has 1 saturated heterocycles. The first-order chi connectivity index (χ1) is 15.0. The number of carbonyl (C=O) groups is 2. The molecule has 7 nitrogen and oxygen atoms in total. The molecule has 3 rings (SSSR count). The van der Waals surface area contributed by atoms with Gasteiger partial charge in [-0.1, -0.05) is 19.1 Å². The predicted molar refractivity (Wildman–Crippen MR) is 125 cm³/mol. The van der Waals surface area contributed by atoms with Gasteiger partial charge in [0.05, 0.1) is 31.5 Å². The van der Waals surface area contributed by atoms with E-state index in [2.05, 4.69) is 21.2 Å². The second kappa shape index (κ2) is 10.6. The molecule has 0 atom stereocenters. The zero-order valence-electron chi connectivity index (χ0n) is 18.7. The Bertz CT molecular complexity index is 920. The molecular weight excluding hydrogens is 414 g/mol. The lowest BCUT2D eigenvalue weighted by Crippen LogP contribution is -2.48. The minimum Gasteiger partial charge on any atom is -0.492 e. The van der Waals surface area contributed by atoms with Crippen molar-refractivity contribution >= 4 is 33.9 Å². The van der Waals surface area contributed by atoms with Gasteiger partial charge in [-0.25, -0.2) is 4.79 Å². The quantitative estimate of drug-likeness (QED) is 0.627. The number of carbonyl (C=O) groups excluding carboxylic acids is 2. The number of aryl methyl sites for hydroxylation is 1. The molecule has 8 heteroatoms. The standard InChI is InChI=1S/C23H31N3O4S/c1-5-17-16(3)31-22(21(17)23(28)29-4)24-20(27)15-25-11-13-26(14-12-25)18-9-7-8-10-19(18)30-6-2/h7-10H,5-6,11-15H2,1-4H3,(H,24,27). The van der Waals surface area contributed by atoms with E-state index in [4.69, 9.17) is 9.47 Å². The summed E-state index contributed by atoms with van der Waals surface area (Å²) >= 11 is 1.43. The summed E-state index contributed by atoms with van der Waals surface area (Å²) < 4.78 is 10.7. The number of anilines is 2. The predicted octanol–water partition coefficient (Wildman–Crippen LogP) is 3.56. The van der Waals surface area contributed by atoms with E-state index >= 15 is 0 Å². The van der Waals surface area contributed by atoms with Crippen LogP contribution in [0.5, 0.6) is 5.75 Å². The van der Waals surface area contributed by atoms with Crippen molar-refractivity contribution in [2.75, 3.05) is 56.7 Å². The average molecular weight is 446 g/mol. The monoisotopic (exact) mass is 445 g/mol. The van der Waals surface area contributed by atoms with Crippen LogP contribution in [0.3, 0.4) is 0 Å². The Balaban J connectivity index is 1.60. The van der Waals surface area contributed by atoms with Crippen LogP contribution in [0.2, 0.25) is 0 Å². The highest BCUT2D eigenvalue weighted by molar-refractivity contribution is 7.16. The van der Waals surface area contributed by atoms with E-state index in [-0.39, 0.29) is 5.91 Å². The van der Waals surface area contributed by atoms with Crippen LogP contribution in [-0.4, -0.2) is 63.2 Å². The van der Waals surface area contributed by atoms with E-state index in [1.807, 2.05) is 39.0 Å². The van der Waals surface area contributed by atoms with Gasteiger partial charge in [0.2, 0.25) is 5.91 Å². The molecule has 1 aromatic heterocycles. The van der Waals surface area contributed by atoms with E-state index in [1.165, 1.54) is 18.4 Å². The maximum Gasteiger partial charge on any atom is 0.341 e. The fraction of sp³-hybridized carbons (Fsp3) is 0.478. The Labute approximate surface area is 187 Å². The Morgan fingerprint density at radius 3 is 2.48 bits per heavy atom. The Kier molecular flexibility index (Phi) is 7.92. The van der Waals surface area contributed by atoms with E-state index in [1.54, 1.807) is 0 Å². The van der Waals surface area contributed by atoms with E-state index in [9.17, 15) is 9.59 Å². The molecule has 0 unspecified atom stereocenters. The van der Waals surface area contributed by atoms with E-state index < -0.39 is 5.97 Å². The first kappa shape index (κ1) is 23.1. The number of ether oxygens (including phenoxy) is 2. The molecule has 1 aliphatic heterocycles. The molecule has 0 radical (unpaired) electrons. The van der Waals surface area contributed by atoms with Crippen molar-refractivity contribution in [3.63, 3.8) is 0 Å². The molecule has 0 spiro atoms. The number of amides is 1. The van der Waals surface area contributed by atoms with Gasteiger partial charge < -0.3 is 19.7 Å². The molecule has 31 heavy (non-hydrogen) atoms. The van der Waals surface area contributed by atoms with Crippen molar-refractivity contribution in [1.82, 2.24) is 4.90 Å². The van der Waals surface area contributed by atoms with Crippen molar-refractivity contribution in [2.24, 2.45) is 0 Å². The first-order valence-corrected chi connectivity index (χ1v) is 11.5. The number of hydrogen-bond acceptors (Lipinski definition) is 7. The van der Waals surface area contributed by atoms with Crippen LogP contribution in [0.4, 0.5) is 10.7 Å². The smallest absolute Gasteiger partial charge is 0.341 e. The highest BCUT2D eigenvalue weighted by atomic mass is 32.1. The highest BCUT2D eigenvalue weighted by Gasteiger charge is 2.25. The van der Waals surface area contributed by atoms with Crippen LogP contribution in [0.25, 0.3) is 0 Å². The number of hydrogen-bond donors (Lipinski definition) is 1. The van der Waals surface area contributed by atoms with Gasteiger partial charge in [-0.15, -0.1) is 11.3 Å². The number of nitrogens with zero attached hydrogens (tertiary/aromatic N) is 2. The van der Waals surface area contributed by atoms with Crippen LogP contribution in [0, 0.1) is 6.92 Å². The molecule has 168 valence electrons. The second-order valence-electron chi connectivity index (χ2n) is 7.40. The normalized spacial score (nSPS) is 14.4. The molecule has 0 bridgehead atoms. The SMILES string of the molecule is CCOc1ccccc1N1CCN(CC(=O)Nc2sc(C)c(CC)c2C(=O)OC)CC1. The minimum absolute atomic E-state index is 0.114. The number of para-hydroxylation sites is 2. The number of rotatable bonds is 8. The molecular formula is C23H31N3O4S. The number of nitrogens with one attached hydrogen (secondary N) is 1. The number of piperazine rings is 1. The third-order valence-corrected chi connectivity index (χ3v) is 6.51. The van der Waals surface area contributed by atoms with Crippen molar-refractivity contribution in [3.8, 4) is 5.75 Å².